The average molecular weight is 231 g/mol. The second-order valence-electron chi connectivity index (χ2n) is 5.16. The molecule has 0 amide bonds. The molecule has 2 aliphatic heterocycles. The molecule has 3 heteroatoms. The average Bonchev–Trinajstić information content (AvgIpc) is 2.90. The SMILES string of the molecule is c1cc(C2CCCN2C2CCNCC2)ccn1. The summed E-state index contributed by atoms with van der Waals surface area (Å²) in [5, 5.41) is 3.46. The van der Waals surface area contributed by atoms with Gasteiger partial charge in [0.05, 0.1) is 0 Å². The minimum absolute atomic E-state index is 0.640. The molecule has 3 nitrogen and oxygen atoms in total. The zero-order chi connectivity index (χ0) is 11.5. The molecule has 1 aromatic heterocycles. The van der Waals surface area contributed by atoms with E-state index >= 15 is 0 Å². The summed E-state index contributed by atoms with van der Waals surface area (Å²) in [4.78, 5) is 6.86. The van der Waals surface area contributed by atoms with Crippen LogP contribution in [0.2, 0.25) is 0 Å². The molecular formula is C14H21N3. The third kappa shape index (κ3) is 2.35. The number of nitrogens with one attached hydrogen (secondary N) is 1. The van der Waals surface area contributed by atoms with Gasteiger partial charge in [-0.2, -0.15) is 0 Å². The number of pyridine rings is 1. The zero-order valence-corrected chi connectivity index (χ0v) is 10.3. The third-order valence-corrected chi connectivity index (χ3v) is 4.16. The van der Waals surface area contributed by atoms with Gasteiger partial charge in [-0.3, -0.25) is 9.88 Å². The highest BCUT2D eigenvalue weighted by Crippen LogP contribution is 2.35. The Morgan fingerprint density at radius 2 is 1.88 bits per heavy atom. The largest absolute Gasteiger partial charge is 0.317 e. The maximum absolute atomic E-state index is 4.13. The lowest BCUT2D eigenvalue weighted by atomic mass is 10.0. The van der Waals surface area contributed by atoms with E-state index in [2.05, 4.69) is 27.3 Å². The molecule has 0 bridgehead atoms. The molecule has 2 aliphatic rings. The van der Waals surface area contributed by atoms with Gasteiger partial charge >= 0.3 is 0 Å². The lowest BCUT2D eigenvalue weighted by Gasteiger charge is -2.36. The Kier molecular flexibility index (Phi) is 3.39. The quantitative estimate of drug-likeness (QED) is 0.843. The summed E-state index contributed by atoms with van der Waals surface area (Å²) < 4.78 is 0. The highest BCUT2D eigenvalue weighted by Gasteiger charge is 2.32. The highest BCUT2D eigenvalue weighted by atomic mass is 15.2. The maximum atomic E-state index is 4.13. The van der Waals surface area contributed by atoms with Crippen molar-refractivity contribution in [3.8, 4) is 0 Å². The van der Waals surface area contributed by atoms with Crippen LogP contribution in [-0.2, 0) is 0 Å². The molecule has 0 radical (unpaired) electrons. The number of nitrogens with zero attached hydrogens (tertiary/aromatic N) is 2. The van der Waals surface area contributed by atoms with E-state index in [0.29, 0.717) is 6.04 Å². The molecule has 1 unspecified atom stereocenters. The number of hydrogen-bond donors (Lipinski definition) is 1. The van der Waals surface area contributed by atoms with E-state index in [9.17, 15) is 0 Å². The minimum Gasteiger partial charge on any atom is -0.317 e. The molecule has 0 saturated carbocycles. The van der Waals surface area contributed by atoms with Gasteiger partial charge in [-0.25, -0.2) is 0 Å². The second-order valence-corrected chi connectivity index (χ2v) is 5.16. The number of piperidine rings is 1. The third-order valence-electron chi connectivity index (χ3n) is 4.16. The lowest BCUT2D eigenvalue weighted by Crippen LogP contribution is -2.42. The van der Waals surface area contributed by atoms with Crippen LogP contribution in [0.25, 0.3) is 0 Å². The molecular weight excluding hydrogens is 210 g/mol. The molecule has 0 aromatic carbocycles. The first kappa shape index (κ1) is 11.2. The van der Waals surface area contributed by atoms with Crippen LogP contribution in [0.4, 0.5) is 0 Å². The lowest BCUT2D eigenvalue weighted by molar-refractivity contribution is 0.148. The van der Waals surface area contributed by atoms with Gasteiger partial charge in [-0.05, 0) is 63.0 Å². The van der Waals surface area contributed by atoms with Crippen molar-refractivity contribution in [3.63, 3.8) is 0 Å². The molecule has 1 atom stereocenters. The number of hydrogen-bond acceptors (Lipinski definition) is 3. The van der Waals surface area contributed by atoms with Crippen LogP contribution >= 0.6 is 0 Å². The fourth-order valence-corrected chi connectivity index (χ4v) is 3.31. The predicted molar refractivity (Wildman–Crippen MR) is 68.8 cm³/mol. The molecule has 1 aromatic rings. The highest BCUT2D eigenvalue weighted by molar-refractivity contribution is 5.17. The molecule has 2 saturated heterocycles. The van der Waals surface area contributed by atoms with E-state index in [0.717, 1.165) is 6.04 Å². The summed E-state index contributed by atoms with van der Waals surface area (Å²) in [6.07, 6.45) is 9.12. The Morgan fingerprint density at radius 3 is 2.65 bits per heavy atom. The standard InChI is InChI=1S/C14H21N3/c1-2-14(12-3-7-15-8-4-12)17(11-1)13-5-9-16-10-6-13/h3-4,7-8,13-14,16H,1-2,5-6,9-11H2. The van der Waals surface area contributed by atoms with E-state index in [4.69, 9.17) is 0 Å². The Bertz CT molecular complexity index is 346. The van der Waals surface area contributed by atoms with E-state index < -0.39 is 0 Å². The van der Waals surface area contributed by atoms with E-state index in [1.165, 1.54) is 50.9 Å². The summed E-state index contributed by atoms with van der Waals surface area (Å²) in [5.41, 5.74) is 1.45. The van der Waals surface area contributed by atoms with Crippen molar-refractivity contribution in [1.29, 1.82) is 0 Å². The molecule has 1 N–H and O–H groups in total. The van der Waals surface area contributed by atoms with Crippen LogP contribution in [0, 0.1) is 0 Å². The van der Waals surface area contributed by atoms with Crippen molar-refractivity contribution in [2.24, 2.45) is 0 Å². The van der Waals surface area contributed by atoms with Crippen molar-refractivity contribution < 1.29 is 0 Å². The summed E-state index contributed by atoms with van der Waals surface area (Å²) >= 11 is 0. The van der Waals surface area contributed by atoms with E-state index in [1.807, 2.05) is 12.4 Å². The molecule has 92 valence electrons. The molecule has 3 heterocycles. The Morgan fingerprint density at radius 1 is 1.12 bits per heavy atom. The van der Waals surface area contributed by atoms with E-state index in [-0.39, 0.29) is 0 Å². The van der Waals surface area contributed by atoms with Gasteiger partial charge in [0.25, 0.3) is 0 Å². The van der Waals surface area contributed by atoms with Gasteiger partial charge in [0.2, 0.25) is 0 Å². The monoisotopic (exact) mass is 231 g/mol. The number of rotatable bonds is 2. The van der Waals surface area contributed by atoms with Crippen LogP contribution in [0.5, 0.6) is 0 Å². The Balaban J connectivity index is 1.75. The van der Waals surface area contributed by atoms with Gasteiger partial charge in [0.1, 0.15) is 0 Å². The van der Waals surface area contributed by atoms with Crippen molar-refractivity contribution >= 4 is 0 Å². The maximum Gasteiger partial charge on any atom is 0.0352 e. The normalized spacial score (nSPS) is 27.4. The minimum atomic E-state index is 0.640. The van der Waals surface area contributed by atoms with E-state index in [1.54, 1.807) is 0 Å². The molecule has 0 spiro atoms. The number of likely N-dealkylation sites (tertiary alicyclic amines) is 1. The van der Waals surface area contributed by atoms with Crippen LogP contribution in [0.15, 0.2) is 24.5 Å². The molecule has 17 heavy (non-hydrogen) atoms. The van der Waals surface area contributed by atoms with Crippen molar-refractivity contribution in [2.45, 2.75) is 37.8 Å². The Hall–Kier alpha value is -0.930. The van der Waals surface area contributed by atoms with Gasteiger partial charge < -0.3 is 5.32 Å². The van der Waals surface area contributed by atoms with Crippen LogP contribution < -0.4 is 5.32 Å². The first-order chi connectivity index (χ1) is 8.45. The van der Waals surface area contributed by atoms with Gasteiger partial charge in [-0.15, -0.1) is 0 Å². The summed E-state index contributed by atoms with van der Waals surface area (Å²) in [6.45, 7) is 3.64. The Labute approximate surface area is 103 Å². The molecule has 2 fully saturated rings. The van der Waals surface area contributed by atoms with Crippen molar-refractivity contribution in [1.82, 2.24) is 15.2 Å². The first-order valence-corrected chi connectivity index (χ1v) is 6.81. The van der Waals surface area contributed by atoms with Gasteiger partial charge in [0.15, 0.2) is 0 Å². The van der Waals surface area contributed by atoms with Crippen molar-refractivity contribution in [3.05, 3.63) is 30.1 Å². The van der Waals surface area contributed by atoms with Gasteiger partial charge in [-0.1, -0.05) is 0 Å². The van der Waals surface area contributed by atoms with Crippen LogP contribution in [-0.4, -0.2) is 35.6 Å². The summed E-state index contributed by atoms with van der Waals surface area (Å²) in [7, 11) is 0. The topological polar surface area (TPSA) is 28.2 Å². The fourth-order valence-electron chi connectivity index (χ4n) is 3.31. The van der Waals surface area contributed by atoms with Gasteiger partial charge in [0, 0.05) is 24.5 Å². The zero-order valence-electron chi connectivity index (χ0n) is 10.3. The number of aromatic nitrogens is 1. The fraction of sp³-hybridized carbons (Fsp3) is 0.643. The smallest absolute Gasteiger partial charge is 0.0352 e. The summed E-state index contributed by atoms with van der Waals surface area (Å²) in [6, 6.07) is 5.80. The molecule has 0 aliphatic carbocycles. The van der Waals surface area contributed by atoms with Crippen LogP contribution in [0.1, 0.15) is 37.3 Å². The predicted octanol–water partition coefficient (Wildman–Crippen LogP) is 1.97. The van der Waals surface area contributed by atoms with Crippen molar-refractivity contribution in [2.75, 3.05) is 19.6 Å². The van der Waals surface area contributed by atoms with Crippen LogP contribution in [0.3, 0.4) is 0 Å². The first-order valence-electron chi connectivity index (χ1n) is 6.81. The summed E-state index contributed by atoms with van der Waals surface area (Å²) in [5.74, 6) is 0. The molecule has 3 rings (SSSR count). The second kappa shape index (κ2) is 5.15.